The first-order valence-corrected chi connectivity index (χ1v) is 7.20. The van der Waals surface area contributed by atoms with Crippen LogP contribution in [-0.2, 0) is 0 Å². The fourth-order valence-electron chi connectivity index (χ4n) is 1.87. The molecular formula is C16H21N3O3. The van der Waals surface area contributed by atoms with Crippen LogP contribution in [0, 0.1) is 6.92 Å². The van der Waals surface area contributed by atoms with Gasteiger partial charge in [0.15, 0.2) is 0 Å². The second-order valence-electron chi connectivity index (χ2n) is 4.52. The number of methoxy groups -OCH3 is 1. The Kier molecular flexibility index (Phi) is 5.82. The van der Waals surface area contributed by atoms with Crippen LogP contribution in [-0.4, -0.2) is 36.8 Å². The lowest BCUT2D eigenvalue weighted by Crippen LogP contribution is -2.13. The standard InChI is InChI=1S/C16H21N3O3/c1-4-21-16-11-15(18-12(2)19-16)17-9-10-22-14-7-5-13(20-3)6-8-14/h5-8,11H,4,9-10H2,1-3H3,(H,17,18,19). The number of anilines is 1. The Hall–Kier alpha value is -2.50. The third kappa shape index (κ3) is 4.80. The van der Waals surface area contributed by atoms with Gasteiger partial charge in [-0.3, -0.25) is 0 Å². The van der Waals surface area contributed by atoms with Crippen LogP contribution in [0.25, 0.3) is 0 Å². The fourth-order valence-corrected chi connectivity index (χ4v) is 1.87. The van der Waals surface area contributed by atoms with E-state index in [1.165, 1.54) is 0 Å². The van der Waals surface area contributed by atoms with E-state index in [0.29, 0.717) is 31.5 Å². The van der Waals surface area contributed by atoms with Crippen molar-refractivity contribution in [1.29, 1.82) is 0 Å². The smallest absolute Gasteiger partial charge is 0.218 e. The minimum atomic E-state index is 0.527. The van der Waals surface area contributed by atoms with Gasteiger partial charge in [0.2, 0.25) is 5.88 Å². The van der Waals surface area contributed by atoms with E-state index in [-0.39, 0.29) is 0 Å². The van der Waals surface area contributed by atoms with Crippen molar-refractivity contribution in [3.63, 3.8) is 0 Å². The van der Waals surface area contributed by atoms with Crippen LogP contribution in [0.1, 0.15) is 12.7 Å². The van der Waals surface area contributed by atoms with Gasteiger partial charge in [-0.15, -0.1) is 0 Å². The normalized spacial score (nSPS) is 10.1. The van der Waals surface area contributed by atoms with Gasteiger partial charge in [0.25, 0.3) is 0 Å². The topological polar surface area (TPSA) is 65.5 Å². The van der Waals surface area contributed by atoms with E-state index in [0.717, 1.165) is 17.3 Å². The number of nitrogens with zero attached hydrogens (tertiary/aromatic N) is 2. The molecule has 6 nitrogen and oxygen atoms in total. The monoisotopic (exact) mass is 303 g/mol. The van der Waals surface area contributed by atoms with E-state index in [2.05, 4.69) is 15.3 Å². The molecule has 1 aromatic carbocycles. The molecule has 1 heterocycles. The van der Waals surface area contributed by atoms with Crippen LogP contribution >= 0.6 is 0 Å². The van der Waals surface area contributed by atoms with Gasteiger partial charge in [-0.1, -0.05) is 0 Å². The summed E-state index contributed by atoms with van der Waals surface area (Å²) in [6.07, 6.45) is 0. The number of aromatic nitrogens is 2. The fraction of sp³-hybridized carbons (Fsp3) is 0.375. The molecule has 0 saturated heterocycles. The summed E-state index contributed by atoms with van der Waals surface area (Å²) < 4.78 is 16.1. The quantitative estimate of drug-likeness (QED) is 0.756. The zero-order valence-electron chi connectivity index (χ0n) is 13.1. The maximum Gasteiger partial charge on any atom is 0.218 e. The van der Waals surface area contributed by atoms with Crippen molar-refractivity contribution in [2.24, 2.45) is 0 Å². The molecule has 0 aliphatic heterocycles. The molecule has 6 heteroatoms. The number of ether oxygens (including phenoxy) is 3. The van der Waals surface area contributed by atoms with E-state index in [1.54, 1.807) is 13.2 Å². The molecule has 0 amide bonds. The Balaban J connectivity index is 1.80. The Morgan fingerprint density at radius 2 is 1.77 bits per heavy atom. The molecule has 2 aromatic rings. The summed E-state index contributed by atoms with van der Waals surface area (Å²) in [5.41, 5.74) is 0. The molecule has 1 N–H and O–H groups in total. The molecule has 1 aromatic heterocycles. The van der Waals surface area contributed by atoms with Crippen molar-refractivity contribution in [3.05, 3.63) is 36.2 Å². The Morgan fingerprint density at radius 3 is 2.45 bits per heavy atom. The summed E-state index contributed by atoms with van der Waals surface area (Å²) in [5.74, 6) is 3.59. The number of rotatable bonds is 8. The van der Waals surface area contributed by atoms with E-state index >= 15 is 0 Å². The molecule has 0 atom stereocenters. The minimum absolute atomic E-state index is 0.527. The lowest BCUT2D eigenvalue weighted by molar-refractivity contribution is 0.324. The molecule has 0 unspecified atom stereocenters. The van der Waals surface area contributed by atoms with Crippen molar-refractivity contribution in [1.82, 2.24) is 9.97 Å². The lowest BCUT2D eigenvalue weighted by Gasteiger charge is -2.10. The first kappa shape index (κ1) is 15.9. The van der Waals surface area contributed by atoms with Crippen LogP contribution in [0.3, 0.4) is 0 Å². The van der Waals surface area contributed by atoms with Gasteiger partial charge in [0.1, 0.15) is 29.7 Å². The highest BCUT2D eigenvalue weighted by Crippen LogP contribution is 2.17. The molecule has 118 valence electrons. The highest BCUT2D eigenvalue weighted by Gasteiger charge is 2.02. The van der Waals surface area contributed by atoms with Crippen molar-refractivity contribution < 1.29 is 14.2 Å². The average Bonchev–Trinajstić information content (AvgIpc) is 2.52. The number of hydrogen-bond donors (Lipinski definition) is 1. The van der Waals surface area contributed by atoms with Gasteiger partial charge in [-0.05, 0) is 38.1 Å². The van der Waals surface area contributed by atoms with Crippen LogP contribution in [0.4, 0.5) is 5.82 Å². The second kappa shape index (κ2) is 8.07. The predicted octanol–water partition coefficient (Wildman–Crippen LogP) is 2.68. The van der Waals surface area contributed by atoms with Crippen molar-refractivity contribution in [2.45, 2.75) is 13.8 Å². The number of hydrogen-bond acceptors (Lipinski definition) is 6. The van der Waals surface area contributed by atoms with Crippen molar-refractivity contribution in [3.8, 4) is 17.4 Å². The Labute approximate surface area is 130 Å². The summed E-state index contributed by atoms with van der Waals surface area (Å²) in [7, 11) is 1.64. The van der Waals surface area contributed by atoms with E-state index < -0.39 is 0 Å². The van der Waals surface area contributed by atoms with Gasteiger partial charge < -0.3 is 19.5 Å². The lowest BCUT2D eigenvalue weighted by atomic mass is 10.3. The summed E-state index contributed by atoms with van der Waals surface area (Å²) >= 11 is 0. The summed E-state index contributed by atoms with van der Waals surface area (Å²) in [6, 6.07) is 9.27. The molecule has 0 aliphatic carbocycles. The van der Waals surface area contributed by atoms with Gasteiger partial charge in [-0.2, -0.15) is 4.98 Å². The average molecular weight is 303 g/mol. The third-order valence-corrected chi connectivity index (χ3v) is 2.84. The zero-order valence-corrected chi connectivity index (χ0v) is 13.1. The van der Waals surface area contributed by atoms with Crippen LogP contribution in [0.5, 0.6) is 17.4 Å². The SMILES string of the molecule is CCOc1cc(NCCOc2ccc(OC)cc2)nc(C)n1. The van der Waals surface area contributed by atoms with Crippen LogP contribution in [0.15, 0.2) is 30.3 Å². The summed E-state index contributed by atoms with van der Waals surface area (Å²) in [6.45, 7) is 5.50. The first-order chi connectivity index (χ1) is 10.7. The van der Waals surface area contributed by atoms with Crippen molar-refractivity contribution >= 4 is 5.82 Å². The van der Waals surface area contributed by atoms with Crippen LogP contribution in [0.2, 0.25) is 0 Å². The molecule has 0 spiro atoms. The zero-order chi connectivity index (χ0) is 15.8. The largest absolute Gasteiger partial charge is 0.497 e. The highest BCUT2D eigenvalue weighted by atomic mass is 16.5. The van der Waals surface area contributed by atoms with E-state index in [4.69, 9.17) is 14.2 Å². The molecule has 2 rings (SSSR count). The van der Waals surface area contributed by atoms with Crippen LogP contribution < -0.4 is 19.5 Å². The number of benzene rings is 1. The summed E-state index contributed by atoms with van der Waals surface area (Å²) in [5, 5.41) is 3.20. The summed E-state index contributed by atoms with van der Waals surface area (Å²) in [4.78, 5) is 8.51. The third-order valence-electron chi connectivity index (χ3n) is 2.84. The van der Waals surface area contributed by atoms with E-state index in [9.17, 15) is 0 Å². The van der Waals surface area contributed by atoms with Gasteiger partial charge >= 0.3 is 0 Å². The van der Waals surface area contributed by atoms with Crippen molar-refractivity contribution in [2.75, 3.05) is 32.2 Å². The van der Waals surface area contributed by atoms with E-state index in [1.807, 2.05) is 38.1 Å². The maximum atomic E-state index is 5.64. The molecule has 0 aliphatic rings. The molecular weight excluding hydrogens is 282 g/mol. The highest BCUT2D eigenvalue weighted by molar-refractivity contribution is 5.38. The van der Waals surface area contributed by atoms with Gasteiger partial charge in [0, 0.05) is 6.07 Å². The van der Waals surface area contributed by atoms with Gasteiger partial charge in [-0.25, -0.2) is 4.98 Å². The molecule has 0 saturated carbocycles. The number of nitrogens with one attached hydrogen (secondary N) is 1. The molecule has 22 heavy (non-hydrogen) atoms. The maximum absolute atomic E-state index is 5.64. The molecule has 0 radical (unpaired) electrons. The molecule has 0 bridgehead atoms. The second-order valence-corrected chi connectivity index (χ2v) is 4.52. The minimum Gasteiger partial charge on any atom is -0.497 e. The number of aryl methyl sites for hydroxylation is 1. The Morgan fingerprint density at radius 1 is 1.05 bits per heavy atom. The first-order valence-electron chi connectivity index (χ1n) is 7.20. The van der Waals surface area contributed by atoms with Gasteiger partial charge in [0.05, 0.1) is 20.3 Å². The predicted molar refractivity (Wildman–Crippen MR) is 84.9 cm³/mol. The Bertz CT molecular complexity index is 588. The molecule has 0 fully saturated rings.